The second kappa shape index (κ2) is 5.99. The Morgan fingerprint density at radius 1 is 1.38 bits per heavy atom. The Bertz CT molecular complexity index is 856. The van der Waals surface area contributed by atoms with Gasteiger partial charge in [-0.25, -0.2) is 0 Å². The number of carbonyl (C=O) groups is 2. The zero-order chi connectivity index (χ0) is 16.7. The Hall–Kier alpha value is -2.26. The van der Waals surface area contributed by atoms with Crippen LogP contribution in [0.2, 0.25) is 0 Å². The lowest BCUT2D eigenvalue weighted by molar-refractivity contribution is -0.126. The maximum atomic E-state index is 13.0. The van der Waals surface area contributed by atoms with Crippen LogP contribution in [0, 0.1) is 0 Å². The monoisotopic (exact) mass is 347 g/mol. The SMILES string of the molecule is O=C(NC1CC1)[C@@H]1CNCCN1C(=O)c1cc(=O)nc2sccn12. The zero-order valence-corrected chi connectivity index (χ0v) is 13.7. The van der Waals surface area contributed by atoms with Crippen molar-refractivity contribution in [3.63, 3.8) is 0 Å². The van der Waals surface area contributed by atoms with E-state index < -0.39 is 11.6 Å². The van der Waals surface area contributed by atoms with Gasteiger partial charge in [-0.2, -0.15) is 4.98 Å². The molecule has 24 heavy (non-hydrogen) atoms. The Morgan fingerprint density at radius 2 is 2.21 bits per heavy atom. The molecule has 0 bridgehead atoms. The van der Waals surface area contributed by atoms with Crippen molar-refractivity contribution in [3.05, 3.63) is 33.7 Å². The highest BCUT2D eigenvalue weighted by molar-refractivity contribution is 7.15. The molecule has 2 N–H and O–H groups in total. The second-order valence-corrected chi connectivity index (χ2v) is 6.91. The van der Waals surface area contributed by atoms with Gasteiger partial charge in [-0.3, -0.25) is 18.8 Å². The number of aromatic nitrogens is 2. The van der Waals surface area contributed by atoms with Crippen LogP contribution in [0.4, 0.5) is 0 Å². The molecule has 1 atom stereocenters. The molecule has 8 nitrogen and oxygen atoms in total. The molecule has 2 amide bonds. The molecular formula is C15H17N5O3S. The maximum Gasteiger partial charge on any atom is 0.274 e. The molecule has 126 valence electrons. The van der Waals surface area contributed by atoms with E-state index in [1.165, 1.54) is 17.4 Å². The van der Waals surface area contributed by atoms with Crippen LogP contribution < -0.4 is 16.2 Å². The first-order valence-corrected chi connectivity index (χ1v) is 8.80. The summed E-state index contributed by atoms with van der Waals surface area (Å²) in [4.78, 5) is 43.2. The van der Waals surface area contributed by atoms with Crippen LogP contribution in [0.1, 0.15) is 23.3 Å². The number of hydrogen-bond donors (Lipinski definition) is 2. The van der Waals surface area contributed by atoms with Gasteiger partial charge in [0.05, 0.1) is 0 Å². The summed E-state index contributed by atoms with van der Waals surface area (Å²) in [6.45, 7) is 1.45. The molecule has 0 aromatic carbocycles. The number of nitrogens with one attached hydrogen (secondary N) is 2. The quantitative estimate of drug-likeness (QED) is 0.777. The highest BCUT2D eigenvalue weighted by atomic mass is 32.1. The molecular weight excluding hydrogens is 330 g/mol. The van der Waals surface area contributed by atoms with E-state index in [2.05, 4.69) is 15.6 Å². The minimum Gasteiger partial charge on any atom is -0.352 e. The highest BCUT2D eigenvalue weighted by Crippen LogP contribution is 2.20. The Balaban J connectivity index is 1.66. The predicted molar refractivity (Wildman–Crippen MR) is 88.2 cm³/mol. The van der Waals surface area contributed by atoms with Crippen LogP contribution in [0.3, 0.4) is 0 Å². The molecule has 0 radical (unpaired) electrons. The van der Waals surface area contributed by atoms with E-state index in [0.717, 1.165) is 12.8 Å². The minimum absolute atomic E-state index is 0.138. The maximum absolute atomic E-state index is 13.0. The zero-order valence-electron chi connectivity index (χ0n) is 12.9. The van der Waals surface area contributed by atoms with Crippen LogP contribution in [0.5, 0.6) is 0 Å². The molecule has 1 aliphatic carbocycles. The number of piperazine rings is 1. The van der Waals surface area contributed by atoms with Crippen LogP contribution in [-0.2, 0) is 4.79 Å². The van der Waals surface area contributed by atoms with E-state index in [4.69, 9.17) is 0 Å². The standard InChI is InChI=1S/C15H17N5O3S/c21-12-7-10(20-5-6-24-15(20)18-12)14(23)19-4-3-16-8-11(19)13(22)17-9-1-2-9/h5-7,9,11,16H,1-4,8H2,(H,17,22)/t11-/m0/s1. The number of nitrogens with zero attached hydrogens (tertiary/aromatic N) is 3. The second-order valence-electron chi connectivity index (χ2n) is 6.04. The summed E-state index contributed by atoms with van der Waals surface area (Å²) in [7, 11) is 0. The van der Waals surface area contributed by atoms with Crippen molar-refractivity contribution in [2.75, 3.05) is 19.6 Å². The number of rotatable bonds is 3. The molecule has 1 aliphatic heterocycles. The fourth-order valence-electron chi connectivity index (χ4n) is 2.87. The number of carbonyl (C=O) groups excluding carboxylic acids is 2. The summed E-state index contributed by atoms with van der Waals surface area (Å²) in [6, 6.07) is 0.910. The smallest absolute Gasteiger partial charge is 0.274 e. The molecule has 1 saturated carbocycles. The van der Waals surface area contributed by atoms with E-state index in [1.807, 2.05) is 0 Å². The highest BCUT2D eigenvalue weighted by Gasteiger charge is 2.36. The van der Waals surface area contributed by atoms with Gasteiger partial charge >= 0.3 is 0 Å². The summed E-state index contributed by atoms with van der Waals surface area (Å²) < 4.78 is 1.60. The van der Waals surface area contributed by atoms with E-state index >= 15 is 0 Å². The number of fused-ring (bicyclic) bond motifs is 1. The van der Waals surface area contributed by atoms with Gasteiger partial charge in [0, 0.05) is 43.3 Å². The van der Waals surface area contributed by atoms with Gasteiger partial charge in [-0.05, 0) is 12.8 Å². The lowest BCUT2D eigenvalue weighted by Gasteiger charge is -2.35. The van der Waals surface area contributed by atoms with Gasteiger partial charge < -0.3 is 15.5 Å². The van der Waals surface area contributed by atoms with Crippen molar-refractivity contribution in [2.45, 2.75) is 24.9 Å². The number of amides is 2. The van der Waals surface area contributed by atoms with Gasteiger partial charge in [0.1, 0.15) is 11.7 Å². The van der Waals surface area contributed by atoms with E-state index in [-0.39, 0.29) is 23.6 Å². The van der Waals surface area contributed by atoms with Crippen LogP contribution >= 0.6 is 11.3 Å². The van der Waals surface area contributed by atoms with Crippen molar-refractivity contribution >= 4 is 28.1 Å². The molecule has 0 unspecified atom stereocenters. The summed E-state index contributed by atoms with van der Waals surface area (Å²) in [5.41, 5.74) is -0.202. The first-order chi connectivity index (χ1) is 11.6. The minimum atomic E-state index is -0.565. The molecule has 2 fully saturated rings. The summed E-state index contributed by atoms with van der Waals surface area (Å²) in [5.74, 6) is -0.457. The van der Waals surface area contributed by atoms with Crippen molar-refractivity contribution in [3.8, 4) is 0 Å². The number of thiazole rings is 1. The van der Waals surface area contributed by atoms with Crippen LogP contribution in [-0.4, -0.2) is 57.8 Å². The molecule has 3 heterocycles. The van der Waals surface area contributed by atoms with Crippen LogP contribution in [0.15, 0.2) is 22.4 Å². The van der Waals surface area contributed by atoms with Crippen molar-refractivity contribution in [1.29, 1.82) is 0 Å². The van der Waals surface area contributed by atoms with E-state index in [0.29, 0.717) is 24.6 Å². The van der Waals surface area contributed by atoms with Crippen LogP contribution in [0.25, 0.3) is 4.96 Å². The molecule has 2 aromatic heterocycles. The average Bonchev–Trinajstić information content (AvgIpc) is 3.27. The summed E-state index contributed by atoms with van der Waals surface area (Å²) in [5, 5.41) is 7.88. The largest absolute Gasteiger partial charge is 0.352 e. The molecule has 0 spiro atoms. The number of hydrogen-bond acceptors (Lipinski definition) is 6. The van der Waals surface area contributed by atoms with Crippen molar-refractivity contribution < 1.29 is 9.59 Å². The van der Waals surface area contributed by atoms with Gasteiger partial charge in [-0.1, -0.05) is 0 Å². The Labute approximate surface area is 141 Å². The molecule has 2 aliphatic rings. The molecule has 4 rings (SSSR count). The lowest BCUT2D eigenvalue weighted by Crippen LogP contribution is -2.60. The third-order valence-corrected chi connectivity index (χ3v) is 5.02. The van der Waals surface area contributed by atoms with E-state index in [9.17, 15) is 14.4 Å². The van der Waals surface area contributed by atoms with Gasteiger partial charge in [0.2, 0.25) is 5.91 Å². The first-order valence-electron chi connectivity index (χ1n) is 7.92. The fourth-order valence-corrected chi connectivity index (χ4v) is 3.59. The van der Waals surface area contributed by atoms with Gasteiger partial charge in [0.25, 0.3) is 11.5 Å². The first kappa shape index (κ1) is 15.3. The molecule has 2 aromatic rings. The summed E-state index contributed by atoms with van der Waals surface area (Å²) in [6.07, 6.45) is 3.70. The normalized spacial score (nSPS) is 21.0. The molecule has 9 heteroatoms. The van der Waals surface area contributed by atoms with Gasteiger partial charge in [-0.15, -0.1) is 11.3 Å². The Morgan fingerprint density at radius 3 is 3.00 bits per heavy atom. The van der Waals surface area contributed by atoms with Crippen molar-refractivity contribution in [2.24, 2.45) is 0 Å². The average molecular weight is 347 g/mol. The fraction of sp³-hybridized carbons (Fsp3) is 0.467. The third kappa shape index (κ3) is 2.80. The topological polar surface area (TPSA) is 95.8 Å². The lowest BCUT2D eigenvalue weighted by atomic mass is 10.1. The third-order valence-electron chi connectivity index (χ3n) is 4.26. The predicted octanol–water partition coefficient (Wildman–Crippen LogP) is -0.551. The van der Waals surface area contributed by atoms with Crippen molar-refractivity contribution in [1.82, 2.24) is 24.9 Å². The van der Waals surface area contributed by atoms with E-state index in [1.54, 1.807) is 20.9 Å². The van der Waals surface area contributed by atoms with Gasteiger partial charge in [0.15, 0.2) is 4.96 Å². The summed E-state index contributed by atoms with van der Waals surface area (Å²) >= 11 is 1.29. The molecule has 1 saturated heterocycles. The Kier molecular flexibility index (Phi) is 3.81.